The zero-order chi connectivity index (χ0) is 33.1. The minimum absolute atomic E-state index is 0.0239. The maximum absolute atomic E-state index is 13.9. The number of nitrogens with one attached hydrogen (secondary N) is 2. The maximum Gasteiger partial charge on any atom is 0.237 e. The number of aliphatic hydroxyl groups is 2. The summed E-state index contributed by atoms with van der Waals surface area (Å²) >= 11 is 0. The third kappa shape index (κ3) is 10.1. The van der Waals surface area contributed by atoms with Crippen molar-refractivity contribution in [1.29, 1.82) is 0 Å². The SMILES string of the molecule is CC(C)C(C(=O)NC(Cc1ccccc1)C(O)C(O)C(Cc1ccccc1)NC(=O)C(C(C)C)N1CCOCC1)N1CCOCC1. The number of rotatable bonds is 15. The lowest BCUT2D eigenvalue weighted by molar-refractivity contribution is -0.135. The molecule has 4 rings (SSSR count). The van der Waals surface area contributed by atoms with Crippen molar-refractivity contribution in [1.82, 2.24) is 20.4 Å². The molecular weight excluding hydrogens is 584 g/mol. The van der Waals surface area contributed by atoms with Gasteiger partial charge in [0.1, 0.15) is 12.2 Å². The lowest BCUT2D eigenvalue weighted by Gasteiger charge is -2.39. The first-order chi connectivity index (χ1) is 22.2. The number of aliphatic hydroxyl groups excluding tert-OH is 2. The Morgan fingerprint density at radius 3 is 1.26 bits per heavy atom. The van der Waals surface area contributed by atoms with Gasteiger partial charge in [-0.15, -0.1) is 0 Å². The van der Waals surface area contributed by atoms with Crippen LogP contribution in [0.4, 0.5) is 0 Å². The molecule has 10 nitrogen and oxygen atoms in total. The molecule has 2 fully saturated rings. The van der Waals surface area contributed by atoms with Gasteiger partial charge in [-0.2, -0.15) is 0 Å². The molecule has 2 heterocycles. The molecule has 0 aromatic heterocycles. The van der Waals surface area contributed by atoms with E-state index in [1.54, 1.807) is 0 Å². The van der Waals surface area contributed by atoms with Crippen molar-refractivity contribution in [3.63, 3.8) is 0 Å². The van der Waals surface area contributed by atoms with E-state index in [-0.39, 0.29) is 23.7 Å². The molecule has 0 saturated carbocycles. The molecule has 6 atom stereocenters. The third-order valence-corrected chi connectivity index (χ3v) is 9.10. The van der Waals surface area contributed by atoms with Gasteiger partial charge >= 0.3 is 0 Å². The van der Waals surface area contributed by atoms with Gasteiger partial charge < -0.3 is 30.3 Å². The molecule has 254 valence electrons. The van der Waals surface area contributed by atoms with E-state index in [0.717, 1.165) is 11.1 Å². The molecular formula is C36H54N4O6. The van der Waals surface area contributed by atoms with Crippen LogP contribution in [-0.2, 0) is 31.9 Å². The normalized spacial score (nSPS) is 20.4. The summed E-state index contributed by atoms with van der Waals surface area (Å²) in [7, 11) is 0. The van der Waals surface area contributed by atoms with E-state index in [0.29, 0.717) is 65.4 Å². The van der Waals surface area contributed by atoms with Crippen LogP contribution in [0, 0.1) is 11.8 Å². The van der Waals surface area contributed by atoms with Crippen molar-refractivity contribution in [3.8, 4) is 0 Å². The second-order valence-electron chi connectivity index (χ2n) is 13.3. The zero-order valence-electron chi connectivity index (χ0n) is 27.9. The fourth-order valence-corrected chi connectivity index (χ4v) is 6.75. The number of hydrogen-bond acceptors (Lipinski definition) is 8. The van der Waals surface area contributed by atoms with E-state index in [9.17, 15) is 19.8 Å². The Balaban J connectivity index is 1.59. The molecule has 6 unspecified atom stereocenters. The van der Waals surface area contributed by atoms with E-state index >= 15 is 0 Å². The first-order valence-corrected chi connectivity index (χ1v) is 16.8. The van der Waals surface area contributed by atoms with E-state index in [4.69, 9.17) is 9.47 Å². The van der Waals surface area contributed by atoms with Gasteiger partial charge in [0.25, 0.3) is 0 Å². The van der Waals surface area contributed by atoms with Crippen LogP contribution < -0.4 is 10.6 Å². The standard InChI is InChI=1S/C36H54N4O6/c1-25(2)31(39-15-19-45-20-16-39)35(43)37-29(23-27-11-7-5-8-12-27)33(41)34(42)30(24-28-13-9-6-10-14-28)38-36(44)32(26(3)4)40-17-21-46-22-18-40/h5-14,25-26,29-34,41-42H,15-24H2,1-4H3,(H,37,43)(H,38,44). The van der Waals surface area contributed by atoms with Gasteiger partial charge in [0.15, 0.2) is 0 Å². The van der Waals surface area contributed by atoms with Gasteiger partial charge in [-0.1, -0.05) is 88.4 Å². The van der Waals surface area contributed by atoms with Gasteiger partial charge in [-0.25, -0.2) is 0 Å². The molecule has 0 bridgehead atoms. The van der Waals surface area contributed by atoms with Crippen molar-refractivity contribution >= 4 is 11.8 Å². The van der Waals surface area contributed by atoms with Gasteiger partial charge in [0.2, 0.25) is 11.8 Å². The summed E-state index contributed by atoms with van der Waals surface area (Å²) in [4.78, 5) is 32.1. The summed E-state index contributed by atoms with van der Waals surface area (Å²) in [5.74, 6) is -0.341. The van der Waals surface area contributed by atoms with Crippen molar-refractivity contribution in [2.24, 2.45) is 11.8 Å². The van der Waals surface area contributed by atoms with Gasteiger partial charge in [0.05, 0.1) is 50.6 Å². The number of morpholine rings is 2. The first-order valence-electron chi connectivity index (χ1n) is 16.8. The molecule has 2 amide bonds. The average molecular weight is 639 g/mol. The predicted octanol–water partition coefficient (Wildman–Crippen LogP) is 1.88. The number of nitrogens with zero attached hydrogens (tertiary/aromatic N) is 2. The summed E-state index contributed by atoms with van der Waals surface area (Å²) in [5, 5.41) is 30.0. The van der Waals surface area contributed by atoms with Crippen LogP contribution in [0.25, 0.3) is 0 Å². The van der Waals surface area contributed by atoms with E-state index in [1.807, 2.05) is 88.4 Å². The topological polar surface area (TPSA) is 124 Å². The molecule has 2 aliphatic heterocycles. The average Bonchev–Trinajstić information content (AvgIpc) is 3.05. The highest BCUT2D eigenvalue weighted by Crippen LogP contribution is 2.20. The highest BCUT2D eigenvalue weighted by molar-refractivity contribution is 5.83. The highest BCUT2D eigenvalue weighted by atomic mass is 16.5. The summed E-state index contributed by atoms with van der Waals surface area (Å²) in [6, 6.07) is 16.8. The second kappa shape index (κ2) is 17.9. The summed E-state index contributed by atoms with van der Waals surface area (Å²) in [6.07, 6.45) is -2.10. The highest BCUT2D eigenvalue weighted by Gasteiger charge is 2.39. The fourth-order valence-electron chi connectivity index (χ4n) is 6.75. The van der Waals surface area contributed by atoms with Crippen molar-refractivity contribution in [2.75, 3.05) is 52.6 Å². The van der Waals surface area contributed by atoms with Gasteiger partial charge in [-0.3, -0.25) is 19.4 Å². The summed E-state index contributed by atoms with van der Waals surface area (Å²) in [5.41, 5.74) is 1.84. The number of benzene rings is 2. The minimum atomic E-state index is -1.36. The Bertz CT molecular complexity index is 1090. The Morgan fingerprint density at radius 2 is 0.957 bits per heavy atom. The number of carbonyl (C=O) groups excluding carboxylic acids is 2. The van der Waals surface area contributed by atoms with Crippen molar-refractivity contribution in [2.45, 2.75) is 76.9 Å². The minimum Gasteiger partial charge on any atom is -0.388 e. The molecule has 10 heteroatoms. The van der Waals surface area contributed by atoms with Crippen LogP contribution in [0.3, 0.4) is 0 Å². The Morgan fingerprint density at radius 1 is 0.630 bits per heavy atom. The van der Waals surface area contributed by atoms with Crippen LogP contribution in [0.5, 0.6) is 0 Å². The number of ether oxygens (including phenoxy) is 2. The smallest absolute Gasteiger partial charge is 0.237 e. The summed E-state index contributed by atoms with van der Waals surface area (Å²) in [6.45, 7) is 12.9. The van der Waals surface area contributed by atoms with Gasteiger partial charge in [-0.05, 0) is 35.8 Å². The van der Waals surface area contributed by atoms with E-state index in [2.05, 4.69) is 20.4 Å². The molecule has 0 spiro atoms. The molecule has 4 N–H and O–H groups in total. The quantitative estimate of drug-likeness (QED) is 0.233. The molecule has 2 aromatic carbocycles. The van der Waals surface area contributed by atoms with Crippen molar-refractivity contribution < 1.29 is 29.3 Å². The third-order valence-electron chi connectivity index (χ3n) is 9.10. The largest absolute Gasteiger partial charge is 0.388 e. The monoisotopic (exact) mass is 638 g/mol. The maximum atomic E-state index is 13.9. The molecule has 0 aliphatic carbocycles. The number of hydrogen-bond donors (Lipinski definition) is 4. The van der Waals surface area contributed by atoms with Gasteiger partial charge in [0, 0.05) is 26.2 Å². The lowest BCUT2D eigenvalue weighted by atomic mass is 9.90. The van der Waals surface area contributed by atoms with E-state index < -0.39 is 36.4 Å². The van der Waals surface area contributed by atoms with Crippen LogP contribution in [0.1, 0.15) is 38.8 Å². The number of carbonyl (C=O) groups is 2. The van der Waals surface area contributed by atoms with Crippen LogP contribution in [0.2, 0.25) is 0 Å². The Labute approximate surface area is 274 Å². The number of amides is 2. The molecule has 46 heavy (non-hydrogen) atoms. The van der Waals surface area contributed by atoms with Crippen molar-refractivity contribution in [3.05, 3.63) is 71.8 Å². The van der Waals surface area contributed by atoms with Crippen LogP contribution in [-0.4, -0.2) is 121 Å². The second-order valence-corrected chi connectivity index (χ2v) is 13.3. The van der Waals surface area contributed by atoms with Crippen LogP contribution in [0.15, 0.2) is 60.7 Å². The Kier molecular flexibility index (Phi) is 14.0. The Hall–Kier alpha value is -2.86. The molecule has 2 aromatic rings. The first kappa shape index (κ1) is 36.0. The zero-order valence-corrected chi connectivity index (χ0v) is 27.9. The van der Waals surface area contributed by atoms with E-state index in [1.165, 1.54) is 0 Å². The predicted molar refractivity (Wildman–Crippen MR) is 178 cm³/mol. The lowest BCUT2D eigenvalue weighted by Crippen LogP contribution is -2.62. The molecule has 2 aliphatic rings. The molecule has 2 saturated heterocycles. The molecule has 0 radical (unpaired) electrons. The summed E-state index contributed by atoms with van der Waals surface area (Å²) < 4.78 is 11.1. The van der Waals surface area contributed by atoms with Crippen LogP contribution >= 0.6 is 0 Å². The fraction of sp³-hybridized carbons (Fsp3) is 0.611.